The zero-order valence-electron chi connectivity index (χ0n) is 14.5. The molecule has 1 atom stereocenters. The summed E-state index contributed by atoms with van der Waals surface area (Å²) in [6.45, 7) is 4.25. The molecule has 0 unspecified atom stereocenters. The molecule has 1 aromatic carbocycles. The summed E-state index contributed by atoms with van der Waals surface area (Å²) >= 11 is 0. The minimum atomic E-state index is -0.697. The van der Waals surface area contributed by atoms with Crippen molar-refractivity contribution in [3.8, 4) is 5.75 Å². The highest BCUT2D eigenvalue weighted by Crippen LogP contribution is 2.18. The molecule has 134 valence electrons. The molecule has 2 aliphatic rings. The third-order valence-corrected chi connectivity index (χ3v) is 4.30. The van der Waals surface area contributed by atoms with Gasteiger partial charge in [0.25, 0.3) is 0 Å². The highest BCUT2D eigenvalue weighted by atomic mass is 16.5. The number of anilines is 1. The smallest absolute Gasteiger partial charge is 0.249 e. The Morgan fingerprint density at radius 2 is 2.00 bits per heavy atom. The molecule has 3 rings (SSSR count). The lowest BCUT2D eigenvalue weighted by atomic mass is 10.1. The molecule has 1 fully saturated rings. The van der Waals surface area contributed by atoms with E-state index in [1.54, 1.807) is 24.3 Å². The van der Waals surface area contributed by atoms with Gasteiger partial charge in [-0.25, -0.2) is 4.99 Å². The number of likely N-dealkylation sites (tertiary alicyclic amines) is 1. The summed E-state index contributed by atoms with van der Waals surface area (Å²) in [5.41, 5.74) is 0.661. The van der Waals surface area contributed by atoms with Gasteiger partial charge in [0.1, 0.15) is 11.8 Å². The van der Waals surface area contributed by atoms with Crippen molar-refractivity contribution in [2.24, 2.45) is 4.99 Å². The zero-order valence-corrected chi connectivity index (χ0v) is 14.5. The Morgan fingerprint density at radius 3 is 2.68 bits per heavy atom. The van der Waals surface area contributed by atoms with E-state index in [9.17, 15) is 9.59 Å². The van der Waals surface area contributed by atoms with Crippen molar-refractivity contribution in [3.63, 3.8) is 0 Å². The molecular weight excluding hydrogens is 320 g/mol. The largest absolute Gasteiger partial charge is 0.494 e. The number of benzene rings is 1. The second-order valence-electron chi connectivity index (χ2n) is 6.22. The molecule has 2 heterocycles. The third-order valence-electron chi connectivity index (χ3n) is 4.30. The van der Waals surface area contributed by atoms with E-state index >= 15 is 0 Å². The molecule has 25 heavy (non-hydrogen) atoms. The summed E-state index contributed by atoms with van der Waals surface area (Å²) < 4.78 is 5.38. The quantitative estimate of drug-likeness (QED) is 0.872. The molecule has 2 amide bonds. The molecule has 0 radical (unpaired) electrons. The Bertz CT molecular complexity index is 651. The first-order chi connectivity index (χ1) is 12.2. The summed E-state index contributed by atoms with van der Waals surface area (Å²) in [4.78, 5) is 31.0. The molecule has 0 aromatic heterocycles. The van der Waals surface area contributed by atoms with Crippen molar-refractivity contribution in [1.29, 1.82) is 0 Å². The Morgan fingerprint density at radius 1 is 1.28 bits per heavy atom. The maximum absolute atomic E-state index is 12.5. The van der Waals surface area contributed by atoms with E-state index < -0.39 is 6.04 Å². The van der Waals surface area contributed by atoms with Crippen molar-refractivity contribution in [2.75, 3.05) is 25.0 Å². The SMILES string of the molecule is CCOc1ccc(NC(=O)[C@H]2CC(=O)NC(N3CCCCC3)=N2)cc1. The molecule has 0 saturated carbocycles. The number of piperidine rings is 1. The minimum absolute atomic E-state index is 0.0696. The van der Waals surface area contributed by atoms with E-state index in [0.29, 0.717) is 18.3 Å². The van der Waals surface area contributed by atoms with Crippen LogP contribution in [0.4, 0.5) is 5.69 Å². The highest BCUT2D eigenvalue weighted by molar-refractivity contribution is 6.05. The van der Waals surface area contributed by atoms with Crippen molar-refractivity contribution < 1.29 is 14.3 Å². The summed E-state index contributed by atoms with van der Waals surface area (Å²) in [6.07, 6.45) is 3.43. The fraction of sp³-hybridized carbons (Fsp3) is 0.500. The topological polar surface area (TPSA) is 83.0 Å². The predicted octanol–water partition coefficient (Wildman–Crippen LogP) is 1.75. The maximum Gasteiger partial charge on any atom is 0.249 e. The number of aliphatic imine (C=N–C) groups is 1. The zero-order chi connectivity index (χ0) is 17.6. The average molecular weight is 344 g/mol. The lowest BCUT2D eigenvalue weighted by Gasteiger charge is -2.32. The normalized spacial score (nSPS) is 20.5. The lowest BCUT2D eigenvalue weighted by molar-refractivity contribution is -0.125. The van der Waals surface area contributed by atoms with E-state index in [2.05, 4.69) is 20.5 Å². The van der Waals surface area contributed by atoms with E-state index in [1.165, 1.54) is 6.42 Å². The number of carbonyl (C=O) groups is 2. The Labute approximate surface area is 147 Å². The fourth-order valence-corrected chi connectivity index (χ4v) is 3.02. The van der Waals surface area contributed by atoms with Gasteiger partial charge in [0.15, 0.2) is 0 Å². The van der Waals surface area contributed by atoms with Crippen LogP contribution < -0.4 is 15.4 Å². The van der Waals surface area contributed by atoms with Crippen LogP contribution in [0.1, 0.15) is 32.6 Å². The number of hydrogen-bond acceptors (Lipinski definition) is 5. The molecular formula is C18H24N4O3. The summed E-state index contributed by atoms with van der Waals surface area (Å²) in [7, 11) is 0. The standard InChI is InChI=1S/C18H24N4O3/c1-2-25-14-8-6-13(7-9-14)19-17(24)15-12-16(23)21-18(20-15)22-10-4-3-5-11-22/h6-9,15H,2-5,10-12H2,1H3,(H,19,24)(H,20,21,23)/t15-/m1/s1. The number of ether oxygens (including phenoxy) is 1. The van der Waals surface area contributed by atoms with E-state index in [-0.39, 0.29) is 18.2 Å². The van der Waals surface area contributed by atoms with E-state index in [4.69, 9.17) is 4.74 Å². The van der Waals surface area contributed by atoms with Crippen molar-refractivity contribution in [2.45, 2.75) is 38.6 Å². The molecule has 0 spiro atoms. The summed E-state index contributed by atoms with van der Waals surface area (Å²) in [5, 5.41) is 5.62. The Hall–Kier alpha value is -2.57. The van der Waals surface area contributed by atoms with Gasteiger partial charge in [-0.1, -0.05) is 0 Å². The van der Waals surface area contributed by atoms with Crippen molar-refractivity contribution in [3.05, 3.63) is 24.3 Å². The minimum Gasteiger partial charge on any atom is -0.494 e. The first-order valence-corrected chi connectivity index (χ1v) is 8.82. The van der Waals surface area contributed by atoms with Gasteiger partial charge in [0, 0.05) is 18.8 Å². The van der Waals surface area contributed by atoms with Crippen LogP contribution in [-0.4, -0.2) is 48.4 Å². The predicted molar refractivity (Wildman–Crippen MR) is 95.6 cm³/mol. The van der Waals surface area contributed by atoms with Gasteiger partial charge in [-0.05, 0) is 50.5 Å². The van der Waals surface area contributed by atoms with Gasteiger partial charge in [0.2, 0.25) is 17.8 Å². The van der Waals surface area contributed by atoms with E-state index in [1.807, 2.05) is 6.92 Å². The van der Waals surface area contributed by atoms with Gasteiger partial charge in [0.05, 0.1) is 13.0 Å². The van der Waals surface area contributed by atoms with Crippen LogP contribution in [-0.2, 0) is 9.59 Å². The lowest BCUT2D eigenvalue weighted by Crippen LogP contribution is -2.51. The third kappa shape index (κ3) is 4.49. The second kappa shape index (κ2) is 8.00. The summed E-state index contributed by atoms with van der Waals surface area (Å²) in [5.74, 6) is 0.849. The molecule has 2 aliphatic heterocycles. The first-order valence-electron chi connectivity index (χ1n) is 8.82. The second-order valence-corrected chi connectivity index (χ2v) is 6.22. The van der Waals surface area contributed by atoms with Gasteiger partial charge < -0.3 is 15.0 Å². The summed E-state index contributed by atoms with van der Waals surface area (Å²) in [6, 6.07) is 6.46. The van der Waals surface area contributed by atoms with Crippen LogP contribution in [0, 0.1) is 0 Å². The maximum atomic E-state index is 12.5. The van der Waals surface area contributed by atoms with Gasteiger partial charge in [-0.2, -0.15) is 0 Å². The van der Waals surface area contributed by atoms with Crippen molar-refractivity contribution >= 4 is 23.5 Å². The van der Waals surface area contributed by atoms with E-state index in [0.717, 1.165) is 31.7 Å². The first kappa shape index (κ1) is 17.3. The Balaban J connectivity index is 1.66. The van der Waals surface area contributed by atoms with Gasteiger partial charge >= 0.3 is 0 Å². The van der Waals surface area contributed by atoms with Crippen LogP contribution in [0.15, 0.2) is 29.3 Å². The molecule has 1 aromatic rings. The van der Waals surface area contributed by atoms with Crippen LogP contribution >= 0.6 is 0 Å². The molecule has 7 nitrogen and oxygen atoms in total. The number of hydrogen-bond donors (Lipinski definition) is 2. The molecule has 0 aliphatic carbocycles. The number of amides is 2. The number of rotatable bonds is 4. The number of nitrogens with one attached hydrogen (secondary N) is 2. The molecule has 1 saturated heterocycles. The monoisotopic (exact) mass is 344 g/mol. The number of nitrogens with zero attached hydrogens (tertiary/aromatic N) is 2. The van der Waals surface area contributed by atoms with Gasteiger partial charge in [-0.3, -0.25) is 14.9 Å². The molecule has 2 N–H and O–H groups in total. The fourth-order valence-electron chi connectivity index (χ4n) is 3.02. The number of guanidine groups is 1. The molecule has 7 heteroatoms. The van der Waals surface area contributed by atoms with Crippen LogP contribution in [0.25, 0.3) is 0 Å². The number of carbonyl (C=O) groups excluding carboxylic acids is 2. The van der Waals surface area contributed by atoms with Crippen molar-refractivity contribution in [1.82, 2.24) is 10.2 Å². The average Bonchev–Trinajstić information content (AvgIpc) is 2.64. The van der Waals surface area contributed by atoms with Crippen LogP contribution in [0.2, 0.25) is 0 Å². The molecule has 0 bridgehead atoms. The Kier molecular flexibility index (Phi) is 5.53. The van der Waals surface area contributed by atoms with Crippen LogP contribution in [0.5, 0.6) is 5.75 Å². The van der Waals surface area contributed by atoms with Gasteiger partial charge in [-0.15, -0.1) is 0 Å². The highest BCUT2D eigenvalue weighted by Gasteiger charge is 2.29. The van der Waals surface area contributed by atoms with Crippen LogP contribution in [0.3, 0.4) is 0 Å².